The molecule has 1 unspecified atom stereocenters. The van der Waals surface area contributed by atoms with Crippen LogP contribution in [0.1, 0.15) is 24.5 Å². The maximum atomic E-state index is 5.54. The van der Waals surface area contributed by atoms with E-state index in [1.807, 2.05) is 6.07 Å². The third-order valence-corrected chi connectivity index (χ3v) is 6.49. The molecule has 0 aliphatic carbocycles. The number of rotatable bonds is 1. The Morgan fingerprint density at radius 3 is 1.41 bits per heavy atom. The van der Waals surface area contributed by atoms with E-state index in [4.69, 9.17) is 4.74 Å². The summed E-state index contributed by atoms with van der Waals surface area (Å²) in [5.74, 6) is 0. The minimum Gasteiger partial charge on any atom is -0.374 e. The minimum atomic E-state index is 0. The van der Waals surface area contributed by atoms with Crippen LogP contribution in [0.25, 0.3) is 43.1 Å². The third-order valence-electron chi connectivity index (χ3n) is 6.49. The van der Waals surface area contributed by atoms with Gasteiger partial charge < -0.3 is 4.74 Å². The van der Waals surface area contributed by atoms with E-state index in [9.17, 15) is 0 Å². The van der Waals surface area contributed by atoms with E-state index in [0.29, 0.717) is 6.10 Å². The van der Waals surface area contributed by atoms with Crippen molar-refractivity contribution in [2.45, 2.75) is 18.9 Å². The summed E-state index contributed by atoms with van der Waals surface area (Å²) in [6.07, 6.45) is 2.76. The zero-order chi connectivity index (χ0) is 20.6. The van der Waals surface area contributed by atoms with Crippen LogP contribution in [0.3, 0.4) is 0 Å². The van der Waals surface area contributed by atoms with Crippen LogP contribution >= 0.6 is 0 Å². The molecule has 0 aromatic heterocycles. The Bertz CT molecular complexity index is 1310. The van der Waals surface area contributed by atoms with Crippen molar-refractivity contribution in [3.8, 4) is 0 Å². The molecule has 0 N–H and O–H groups in total. The van der Waals surface area contributed by atoms with Gasteiger partial charge in [-0.05, 0) is 61.5 Å². The van der Waals surface area contributed by atoms with E-state index in [0.717, 1.165) is 6.61 Å². The Balaban J connectivity index is 0.000000154. The van der Waals surface area contributed by atoms with Crippen LogP contribution in [0, 0.1) is 0 Å². The Kier molecular flexibility index (Phi) is 5.90. The Morgan fingerprint density at radius 2 is 1.00 bits per heavy atom. The summed E-state index contributed by atoms with van der Waals surface area (Å²) in [5.41, 5.74) is 1.32. The number of hydrogen-bond donors (Lipinski definition) is 0. The maximum Gasteiger partial charge on any atom is 0.0825 e. The van der Waals surface area contributed by atoms with Gasteiger partial charge in [-0.25, -0.2) is 0 Å². The number of fused-ring (bicyclic) bond motifs is 2. The fraction of sp³-hybridized carbons (Fsp3) is 0.133. The molecule has 1 heterocycles. The van der Waals surface area contributed by atoms with Crippen molar-refractivity contribution >= 4 is 62.0 Å². The van der Waals surface area contributed by atoms with Gasteiger partial charge in [0.2, 0.25) is 0 Å². The van der Waals surface area contributed by atoms with E-state index >= 15 is 0 Å². The maximum absolute atomic E-state index is 5.54. The molecular formula is C30H25LiO. The van der Waals surface area contributed by atoms with E-state index in [2.05, 4.69) is 97.1 Å². The first kappa shape index (κ1) is 21.0. The van der Waals surface area contributed by atoms with E-state index in [1.54, 1.807) is 0 Å². The summed E-state index contributed by atoms with van der Waals surface area (Å²) in [6.45, 7) is 0.930. The number of hydrogen-bond acceptors (Lipinski definition) is 1. The van der Waals surface area contributed by atoms with Crippen molar-refractivity contribution in [3.63, 3.8) is 0 Å². The van der Waals surface area contributed by atoms with E-state index in [1.165, 1.54) is 61.5 Å². The predicted molar refractivity (Wildman–Crippen MR) is 139 cm³/mol. The SMILES string of the molecule is [LiH].c1cc2cccc3c4cccc5cccc(c(c1)c23)c54.c1ccc(C2CCCO2)cc1. The van der Waals surface area contributed by atoms with Crippen LogP contribution in [0.4, 0.5) is 0 Å². The summed E-state index contributed by atoms with van der Waals surface area (Å²) >= 11 is 0. The fourth-order valence-electron chi connectivity index (χ4n) is 5.09. The molecule has 0 radical (unpaired) electrons. The van der Waals surface area contributed by atoms with Gasteiger partial charge in [0, 0.05) is 6.61 Å². The van der Waals surface area contributed by atoms with Gasteiger partial charge in [0.15, 0.2) is 0 Å². The first-order chi connectivity index (χ1) is 15.4. The van der Waals surface area contributed by atoms with Crippen molar-refractivity contribution in [2.75, 3.05) is 6.61 Å². The second kappa shape index (κ2) is 8.97. The topological polar surface area (TPSA) is 9.23 Å². The van der Waals surface area contributed by atoms with Gasteiger partial charge in [-0.3, -0.25) is 0 Å². The molecule has 1 saturated heterocycles. The third kappa shape index (κ3) is 3.57. The summed E-state index contributed by atoms with van der Waals surface area (Å²) in [6, 6.07) is 36.9. The van der Waals surface area contributed by atoms with Gasteiger partial charge in [0.05, 0.1) is 6.10 Å². The van der Waals surface area contributed by atoms with Crippen LogP contribution in [0.2, 0.25) is 0 Å². The van der Waals surface area contributed by atoms with Gasteiger partial charge in [0.25, 0.3) is 0 Å². The molecule has 0 bridgehead atoms. The van der Waals surface area contributed by atoms with Crippen molar-refractivity contribution in [1.82, 2.24) is 0 Å². The first-order valence-electron chi connectivity index (χ1n) is 11.1. The molecule has 0 saturated carbocycles. The average Bonchev–Trinajstić information content (AvgIpc) is 3.38. The fourth-order valence-corrected chi connectivity index (χ4v) is 5.09. The number of ether oxygens (including phenoxy) is 1. The zero-order valence-electron chi connectivity index (χ0n) is 17.4. The Hall–Kier alpha value is -2.82. The van der Waals surface area contributed by atoms with Crippen LogP contribution in [0.5, 0.6) is 0 Å². The van der Waals surface area contributed by atoms with Gasteiger partial charge in [0.1, 0.15) is 0 Å². The van der Waals surface area contributed by atoms with Crippen LogP contribution < -0.4 is 0 Å². The van der Waals surface area contributed by atoms with Gasteiger partial charge in [-0.2, -0.15) is 0 Å². The minimum absolute atomic E-state index is 0. The summed E-state index contributed by atoms with van der Waals surface area (Å²) in [4.78, 5) is 0. The van der Waals surface area contributed by atoms with Crippen molar-refractivity contribution in [3.05, 3.63) is 109 Å². The van der Waals surface area contributed by atoms with E-state index in [-0.39, 0.29) is 18.9 Å². The molecule has 152 valence electrons. The quantitative estimate of drug-likeness (QED) is 0.154. The van der Waals surface area contributed by atoms with Crippen molar-refractivity contribution in [2.24, 2.45) is 0 Å². The predicted octanol–water partition coefficient (Wildman–Crippen LogP) is 7.63. The Labute approximate surface area is 200 Å². The second-order valence-electron chi connectivity index (χ2n) is 8.33. The molecule has 1 atom stereocenters. The zero-order valence-corrected chi connectivity index (χ0v) is 17.4. The molecule has 1 fully saturated rings. The van der Waals surface area contributed by atoms with Crippen LogP contribution in [-0.4, -0.2) is 25.5 Å². The second-order valence-corrected chi connectivity index (χ2v) is 8.33. The van der Waals surface area contributed by atoms with Gasteiger partial charge >= 0.3 is 18.9 Å². The summed E-state index contributed by atoms with van der Waals surface area (Å²) < 4.78 is 5.54. The standard InChI is InChI=1S/C20H12.C10H12O.Li.H/c1-5-13-6-2-11-17-18-12-4-8-14-7-3-10-16(20(14)18)15(9-1)19(13)17;1-2-5-9(6-3-1)10-7-4-8-11-10;;/h1-12H;1-3,5-6,10H,4,7-8H2;;. The Morgan fingerprint density at radius 1 is 0.531 bits per heavy atom. The molecule has 1 aliphatic rings. The van der Waals surface area contributed by atoms with Gasteiger partial charge in [-0.15, -0.1) is 0 Å². The monoisotopic (exact) mass is 408 g/mol. The average molecular weight is 408 g/mol. The normalized spacial score (nSPS) is 15.7. The molecule has 1 aliphatic heterocycles. The molecule has 6 aromatic rings. The molecule has 2 heteroatoms. The summed E-state index contributed by atoms with van der Waals surface area (Å²) in [7, 11) is 0. The molecule has 7 rings (SSSR count). The molecular weight excluding hydrogens is 383 g/mol. The molecule has 1 nitrogen and oxygen atoms in total. The largest absolute Gasteiger partial charge is 0.374 e. The van der Waals surface area contributed by atoms with Crippen molar-refractivity contribution in [1.29, 1.82) is 0 Å². The molecule has 32 heavy (non-hydrogen) atoms. The summed E-state index contributed by atoms with van der Waals surface area (Å²) in [5, 5.41) is 10.9. The van der Waals surface area contributed by atoms with E-state index < -0.39 is 0 Å². The van der Waals surface area contributed by atoms with Crippen LogP contribution in [0.15, 0.2) is 103 Å². The number of benzene rings is 6. The van der Waals surface area contributed by atoms with Crippen LogP contribution in [-0.2, 0) is 4.74 Å². The smallest absolute Gasteiger partial charge is 0.0825 e. The molecule has 6 aromatic carbocycles. The molecule has 0 spiro atoms. The van der Waals surface area contributed by atoms with Crippen molar-refractivity contribution < 1.29 is 4.74 Å². The van der Waals surface area contributed by atoms with Gasteiger partial charge in [-0.1, -0.05) is 103 Å². The molecule has 0 amide bonds. The first-order valence-corrected chi connectivity index (χ1v) is 11.1.